The van der Waals surface area contributed by atoms with E-state index in [2.05, 4.69) is 59.8 Å². The van der Waals surface area contributed by atoms with E-state index in [4.69, 9.17) is 0 Å². The van der Waals surface area contributed by atoms with Crippen LogP contribution in [0.25, 0.3) is 0 Å². The van der Waals surface area contributed by atoms with Crippen molar-refractivity contribution < 1.29 is 5.11 Å². The molecular formula is C29H48O. The summed E-state index contributed by atoms with van der Waals surface area (Å²) in [7, 11) is 0. The number of aliphatic hydroxyl groups is 1. The third-order valence-corrected chi connectivity index (χ3v) is 10.7. The Morgan fingerprint density at radius 3 is 2.40 bits per heavy atom. The van der Waals surface area contributed by atoms with Gasteiger partial charge in [0.2, 0.25) is 0 Å². The largest absolute Gasteiger partial charge is 0.393 e. The third-order valence-electron chi connectivity index (χ3n) is 10.7. The first-order chi connectivity index (χ1) is 14.2. The molecular weight excluding hydrogens is 364 g/mol. The predicted molar refractivity (Wildman–Crippen MR) is 128 cm³/mol. The Labute approximate surface area is 186 Å². The van der Waals surface area contributed by atoms with E-state index < -0.39 is 0 Å². The molecule has 0 spiro atoms. The molecule has 1 nitrogen and oxygen atoms in total. The van der Waals surface area contributed by atoms with Crippen molar-refractivity contribution in [1.29, 1.82) is 0 Å². The number of rotatable bonds is 5. The molecule has 4 aliphatic rings. The van der Waals surface area contributed by atoms with Crippen LogP contribution >= 0.6 is 0 Å². The predicted octanol–water partition coefficient (Wildman–Crippen LogP) is 7.80. The Bertz CT molecular complexity index is 674. The molecule has 0 aromatic rings. The number of hydrogen-bond acceptors (Lipinski definition) is 1. The van der Waals surface area contributed by atoms with Gasteiger partial charge in [-0.3, -0.25) is 0 Å². The van der Waals surface area contributed by atoms with E-state index in [9.17, 15) is 5.11 Å². The summed E-state index contributed by atoms with van der Waals surface area (Å²) in [6.07, 6.45) is 19.2. The average Bonchev–Trinajstić information content (AvgIpc) is 3.06. The molecule has 0 aromatic heterocycles. The van der Waals surface area contributed by atoms with Crippen LogP contribution in [0.2, 0.25) is 0 Å². The lowest BCUT2D eigenvalue weighted by molar-refractivity contribution is -0.0414. The minimum absolute atomic E-state index is 0.0480. The summed E-state index contributed by atoms with van der Waals surface area (Å²) in [5.74, 6) is 5.32. The first kappa shape index (κ1) is 22.6. The Balaban J connectivity index is 1.53. The maximum atomic E-state index is 10.3. The van der Waals surface area contributed by atoms with Gasteiger partial charge in [-0.2, -0.15) is 0 Å². The van der Waals surface area contributed by atoms with Crippen LogP contribution in [0.4, 0.5) is 0 Å². The van der Waals surface area contributed by atoms with Crippen molar-refractivity contribution in [1.82, 2.24) is 0 Å². The summed E-state index contributed by atoms with van der Waals surface area (Å²) >= 11 is 0. The molecule has 4 rings (SSSR count). The summed E-state index contributed by atoms with van der Waals surface area (Å²) in [6, 6.07) is 0. The maximum absolute atomic E-state index is 10.3. The van der Waals surface area contributed by atoms with Crippen LogP contribution in [-0.2, 0) is 0 Å². The second-order valence-corrected chi connectivity index (χ2v) is 12.5. The number of allylic oxidation sites excluding steroid dienone is 4. The van der Waals surface area contributed by atoms with Gasteiger partial charge in [0.25, 0.3) is 0 Å². The van der Waals surface area contributed by atoms with Gasteiger partial charge in [0.05, 0.1) is 6.10 Å². The Kier molecular flexibility index (Phi) is 6.35. The zero-order chi connectivity index (χ0) is 21.7. The monoisotopic (exact) mass is 412 g/mol. The lowest BCUT2D eigenvalue weighted by atomic mass is 9.47. The third kappa shape index (κ3) is 3.66. The van der Waals surface area contributed by atoms with Gasteiger partial charge in [-0.25, -0.2) is 0 Å². The molecule has 0 aromatic carbocycles. The molecule has 0 saturated heterocycles. The second-order valence-electron chi connectivity index (χ2n) is 12.5. The van der Waals surface area contributed by atoms with Crippen molar-refractivity contribution in [3.63, 3.8) is 0 Å². The summed E-state index contributed by atoms with van der Waals surface area (Å²) < 4.78 is 0. The molecule has 9 atom stereocenters. The average molecular weight is 413 g/mol. The minimum Gasteiger partial charge on any atom is -0.393 e. The maximum Gasteiger partial charge on any atom is 0.0543 e. The van der Waals surface area contributed by atoms with Gasteiger partial charge < -0.3 is 5.11 Å². The van der Waals surface area contributed by atoms with Gasteiger partial charge >= 0.3 is 0 Å². The van der Waals surface area contributed by atoms with Gasteiger partial charge in [0.15, 0.2) is 0 Å². The van der Waals surface area contributed by atoms with Gasteiger partial charge in [-0.15, -0.1) is 0 Å². The highest BCUT2D eigenvalue weighted by Crippen LogP contribution is 2.66. The molecule has 0 bridgehead atoms. The highest BCUT2D eigenvalue weighted by molar-refractivity contribution is 5.28. The van der Waals surface area contributed by atoms with Crippen LogP contribution in [0.15, 0.2) is 23.8 Å². The van der Waals surface area contributed by atoms with E-state index in [1.165, 1.54) is 44.9 Å². The highest BCUT2D eigenvalue weighted by Gasteiger charge is 2.57. The molecule has 3 fully saturated rings. The van der Waals surface area contributed by atoms with E-state index in [-0.39, 0.29) is 6.10 Å². The van der Waals surface area contributed by atoms with Crippen molar-refractivity contribution in [3.05, 3.63) is 23.8 Å². The zero-order valence-electron chi connectivity index (χ0n) is 20.7. The van der Waals surface area contributed by atoms with Gasteiger partial charge in [-0.1, -0.05) is 65.3 Å². The Morgan fingerprint density at radius 2 is 1.70 bits per heavy atom. The fourth-order valence-electron chi connectivity index (χ4n) is 8.68. The van der Waals surface area contributed by atoms with Crippen LogP contribution in [0.1, 0.15) is 99.3 Å². The molecule has 3 saturated carbocycles. The fraction of sp³-hybridized carbons (Fsp3) is 0.862. The topological polar surface area (TPSA) is 20.2 Å². The SMILES string of the molecule is CC[C@H](C=C[C@@H](C)[C@H]1CC[C@H]2C3=CC[C@H]4C[C@@H](O)CC[C@@]4(C)[C@H]3CC[C@@]12C)C(C)C. The van der Waals surface area contributed by atoms with E-state index in [1.54, 1.807) is 0 Å². The van der Waals surface area contributed by atoms with Gasteiger partial charge in [-0.05, 0) is 110 Å². The molecule has 0 heterocycles. The standard InChI is InChI=1S/C29H48O/c1-7-21(19(2)3)9-8-20(4)25-12-13-26-24-11-10-22-18-23(30)14-16-28(22,5)27(24)15-17-29(25,26)6/h8-9,11,19-23,25-27,30H,7,10,12-18H2,1-6H3/t20-,21-,22+,23+,25-,26+,27+,28-,29+/m1/s1. The molecule has 0 aliphatic heterocycles. The van der Waals surface area contributed by atoms with E-state index in [0.717, 1.165) is 42.4 Å². The molecule has 0 amide bonds. The number of fused-ring (bicyclic) bond motifs is 5. The Hall–Kier alpha value is -0.560. The van der Waals surface area contributed by atoms with Crippen LogP contribution in [-0.4, -0.2) is 11.2 Å². The second kappa shape index (κ2) is 8.42. The summed E-state index contributed by atoms with van der Waals surface area (Å²) in [5.41, 5.74) is 2.79. The van der Waals surface area contributed by atoms with E-state index in [1.807, 2.05) is 5.57 Å². The number of aliphatic hydroxyl groups excluding tert-OH is 1. The van der Waals surface area contributed by atoms with Crippen molar-refractivity contribution in [2.75, 3.05) is 0 Å². The summed E-state index contributed by atoms with van der Waals surface area (Å²) in [5, 5.41) is 10.3. The lowest BCUT2D eigenvalue weighted by Gasteiger charge is -2.57. The molecule has 4 aliphatic carbocycles. The van der Waals surface area contributed by atoms with E-state index in [0.29, 0.717) is 22.7 Å². The fourth-order valence-corrected chi connectivity index (χ4v) is 8.68. The van der Waals surface area contributed by atoms with Crippen LogP contribution in [0.5, 0.6) is 0 Å². The summed E-state index contributed by atoms with van der Waals surface area (Å²) in [6.45, 7) is 14.8. The van der Waals surface area contributed by atoms with Crippen molar-refractivity contribution in [2.24, 2.45) is 52.3 Å². The molecule has 0 unspecified atom stereocenters. The summed E-state index contributed by atoms with van der Waals surface area (Å²) in [4.78, 5) is 0. The van der Waals surface area contributed by atoms with Crippen LogP contribution < -0.4 is 0 Å². The minimum atomic E-state index is -0.0480. The van der Waals surface area contributed by atoms with Crippen molar-refractivity contribution in [2.45, 2.75) is 105 Å². The lowest BCUT2D eigenvalue weighted by Crippen LogP contribution is -2.49. The molecule has 30 heavy (non-hydrogen) atoms. The Morgan fingerprint density at radius 1 is 1.00 bits per heavy atom. The van der Waals surface area contributed by atoms with Crippen molar-refractivity contribution in [3.8, 4) is 0 Å². The quantitative estimate of drug-likeness (QED) is 0.457. The molecule has 0 radical (unpaired) electrons. The normalized spacial score (nSPS) is 45.6. The molecule has 1 N–H and O–H groups in total. The highest BCUT2D eigenvalue weighted by atomic mass is 16.3. The zero-order valence-corrected chi connectivity index (χ0v) is 20.7. The smallest absolute Gasteiger partial charge is 0.0543 e. The first-order valence-electron chi connectivity index (χ1n) is 13.3. The van der Waals surface area contributed by atoms with Crippen LogP contribution in [0, 0.1) is 52.3 Å². The van der Waals surface area contributed by atoms with Gasteiger partial charge in [0, 0.05) is 0 Å². The van der Waals surface area contributed by atoms with Crippen molar-refractivity contribution >= 4 is 0 Å². The van der Waals surface area contributed by atoms with E-state index >= 15 is 0 Å². The molecule has 170 valence electrons. The van der Waals surface area contributed by atoms with Gasteiger partial charge in [0.1, 0.15) is 0 Å². The number of hydrogen-bond donors (Lipinski definition) is 1. The first-order valence-corrected chi connectivity index (χ1v) is 13.3. The van der Waals surface area contributed by atoms with Crippen LogP contribution in [0.3, 0.4) is 0 Å². The molecule has 1 heteroatoms.